The van der Waals surface area contributed by atoms with Crippen LogP contribution in [0.2, 0.25) is 0 Å². The van der Waals surface area contributed by atoms with E-state index >= 15 is 0 Å². The van der Waals surface area contributed by atoms with E-state index in [2.05, 4.69) is 20.3 Å². The van der Waals surface area contributed by atoms with Gasteiger partial charge in [-0.3, -0.25) is 9.89 Å². The molecule has 7 heteroatoms. The summed E-state index contributed by atoms with van der Waals surface area (Å²) in [4.78, 5) is 19.1. The van der Waals surface area contributed by atoms with Gasteiger partial charge in [-0.15, -0.1) is 0 Å². The smallest absolute Gasteiger partial charge is 0.222 e. The second-order valence-electron chi connectivity index (χ2n) is 7.42. The Morgan fingerprint density at radius 3 is 2.88 bits per heavy atom. The van der Waals surface area contributed by atoms with Crippen LogP contribution in [-0.2, 0) is 17.6 Å². The SMILES string of the molecule is Cc1noc(C)c1CCC(=O)N1CCC(Cc2nc(C3CC3)n[nH]2)C1. The summed E-state index contributed by atoms with van der Waals surface area (Å²) in [7, 11) is 0. The van der Waals surface area contributed by atoms with Crippen LogP contribution in [0.25, 0.3) is 0 Å². The van der Waals surface area contributed by atoms with Crippen molar-refractivity contribution < 1.29 is 9.32 Å². The summed E-state index contributed by atoms with van der Waals surface area (Å²) in [5.41, 5.74) is 1.96. The highest BCUT2D eigenvalue weighted by Crippen LogP contribution is 2.37. The number of aromatic nitrogens is 4. The zero-order valence-corrected chi connectivity index (χ0v) is 14.9. The average Bonchev–Trinajstić information content (AvgIpc) is 3.01. The molecular weight excluding hydrogens is 318 g/mol. The summed E-state index contributed by atoms with van der Waals surface area (Å²) in [6, 6.07) is 0. The summed E-state index contributed by atoms with van der Waals surface area (Å²) in [5, 5.41) is 11.3. The zero-order chi connectivity index (χ0) is 17.4. The van der Waals surface area contributed by atoms with E-state index in [1.54, 1.807) is 0 Å². The lowest BCUT2D eigenvalue weighted by Crippen LogP contribution is -2.29. The van der Waals surface area contributed by atoms with Crippen molar-refractivity contribution in [3.8, 4) is 0 Å². The van der Waals surface area contributed by atoms with Crippen LogP contribution < -0.4 is 0 Å². The summed E-state index contributed by atoms with van der Waals surface area (Å²) >= 11 is 0. The zero-order valence-electron chi connectivity index (χ0n) is 14.9. The molecule has 1 atom stereocenters. The summed E-state index contributed by atoms with van der Waals surface area (Å²) in [6.45, 7) is 5.49. The minimum Gasteiger partial charge on any atom is -0.361 e. The first-order valence-electron chi connectivity index (χ1n) is 9.21. The third kappa shape index (κ3) is 3.60. The van der Waals surface area contributed by atoms with E-state index in [9.17, 15) is 4.79 Å². The summed E-state index contributed by atoms with van der Waals surface area (Å²) < 4.78 is 5.17. The molecule has 0 bridgehead atoms. The van der Waals surface area contributed by atoms with Crippen molar-refractivity contribution in [3.05, 3.63) is 28.7 Å². The van der Waals surface area contributed by atoms with E-state index < -0.39 is 0 Å². The largest absolute Gasteiger partial charge is 0.361 e. The number of nitrogens with one attached hydrogen (secondary N) is 1. The van der Waals surface area contributed by atoms with Crippen LogP contribution in [0.1, 0.15) is 60.3 Å². The molecule has 2 aromatic rings. The molecule has 0 radical (unpaired) electrons. The fraction of sp³-hybridized carbons (Fsp3) is 0.667. The molecular formula is C18H25N5O2. The third-order valence-corrected chi connectivity index (χ3v) is 5.38. The number of aromatic amines is 1. The van der Waals surface area contributed by atoms with Crippen LogP contribution in [0.5, 0.6) is 0 Å². The molecule has 1 saturated carbocycles. The molecule has 134 valence electrons. The third-order valence-electron chi connectivity index (χ3n) is 5.38. The van der Waals surface area contributed by atoms with Crippen LogP contribution in [0, 0.1) is 19.8 Å². The molecule has 2 aliphatic rings. The molecule has 1 aliphatic carbocycles. The van der Waals surface area contributed by atoms with Gasteiger partial charge in [0.05, 0.1) is 5.69 Å². The number of rotatable bonds is 6. The normalized spacial score (nSPS) is 20.4. The Labute approximate surface area is 147 Å². The molecule has 2 aromatic heterocycles. The van der Waals surface area contributed by atoms with Crippen molar-refractivity contribution >= 4 is 5.91 Å². The average molecular weight is 343 g/mol. The Balaban J connectivity index is 1.27. The van der Waals surface area contributed by atoms with Crippen LogP contribution in [0.4, 0.5) is 0 Å². The van der Waals surface area contributed by atoms with E-state index in [1.807, 2.05) is 18.7 Å². The maximum atomic E-state index is 12.5. The predicted octanol–water partition coefficient (Wildman–Crippen LogP) is 2.31. The van der Waals surface area contributed by atoms with E-state index in [1.165, 1.54) is 12.8 Å². The monoisotopic (exact) mass is 343 g/mol. The topological polar surface area (TPSA) is 87.9 Å². The number of aryl methyl sites for hydroxylation is 2. The van der Waals surface area contributed by atoms with Crippen molar-refractivity contribution in [1.82, 2.24) is 25.2 Å². The molecule has 1 saturated heterocycles. The van der Waals surface area contributed by atoms with Gasteiger partial charge in [-0.2, -0.15) is 5.10 Å². The van der Waals surface area contributed by atoms with E-state index in [4.69, 9.17) is 4.52 Å². The van der Waals surface area contributed by atoms with E-state index in [0.29, 0.717) is 24.7 Å². The van der Waals surface area contributed by atoms with Gasteiger partial charge in [0.2, 0.25) is 5.91 Å². The Kier molecular flexibility index (Phi) is 4.31. The second-order valence-corrected chi connectivity index (χ2v) is 7.42. The van der Waals surface area contributed by atoms with E-state index in [-0.39, 0.29) is 5.91 Å². The lowest BCUT2D eigenvalue weighted by molar-refractivity contribution is -0.130. The predicted molar refractivity (Wildman–Crippen MR) is 91.0 cm³/mol. The quantitative estimate of drug-likeness (QED) is 0.869. The van der Waals surface area contributed by atoms with Crippen LogP contribution in [-0.4, -0.2) is 44.2 Å². The van der Waals surface area contributed by atoms with Gasteiger partial charge in [-0.05, 0) is 45.4 Å². The van der Waals surface area contributed by atoms with E-state index in [0.717, 1.165) is 54.6 Å². The minimum atomic E-state index is 0.221. The molecule has 3 heterocycles. The van der Waals surface area contributed by atoms with Crippen molar-refractivity contribution in [1.29, 1.82) is 0 Å². The molecule has 1 aliphatic heterocycles. The number of hydrogen-bond donors (Lipinski definition) is 1. The first kappa shape index (κ1) is 16.3. The van der Waals surface area contributed by atoms with Gasteiger partial charge < -0.3 is 9.42 Å². The first-order valence-corrected chi connectivity index (χ1v) is 9.21. The lowest BCUT2D eigenvalue weighted by Gasteiger charge is -2.16. The number of carbonyl (C=O) groups is 1. The van der Waals surface area contributed by atoms with Crippen LogP contribution in [0.15, 0.2) is 4.52 Å². The highest BCUT2D eigenvalue weighted by Gasteiger charge is 2.30. The summed E-state index contributed by atoms with van der Waals surface area (Å²) in [6.07, 6.45) is 5.57. The Bertz CT molecular complexity index is 742. The lowest BCUT2D eigenvalue weighted by atomic mass is 10.0. The molecule has 7 nitrogen and oxygen atoms in total. The Morgan fingerprint density at radius 2 is 2.16 bits per heavy atom. The number of H-pyrrole nitrogens is 1. The van der Waals surface area contributed by atoms with Gasteiger partial charge in [-0.25, -0.2) is 4.98 Å². The molecule has 25 heavy (non-hydrogen) atoms. The van der Waals surface area contributed by atoms with Gasteiger partial charge in [0.15, 0.2) is 5.82 Å². The molecule has 4 rings (SSSR count). The van der Waals surface area contributed by atoms with Gasteiger partial charge in [-0.1, -0.05) is 5.16 Å². The number of hydrogen-bond acceptors (Lipinski definition) is 5. The van der Waals surface area contributed by atoms with Gasteiger partial charge in [0.25, 0.3) is 0 Å². The van der Waals surface area contributed by atoms with Crippen molar-refractivity contribution in [3.63, 3.8) is 0 Å². The van der Waals surface area contributed by atoms with Crippen LogP contribution >= 0.6 is 0 Å². The van der Waals surface area contributed by atoms with Crippen molar-refractivity contribution in [2.75, 3.05) is 13.1 Å². The van der Waals surface area contributed by atoms with Gasteiger partial charge in [0.1, 0.15) is 11.6 Å². The maximum Gasteiger partial charge on any atom is 0.222 e. The molecule has 1 amide bonds. The van der Waals surface area contributed by atoms with Crippen LogP contribution in [0.3, 0.4) is 0 Å². The molecule has 1 N–H and O–H groups in total. The number of nitrogens with zero attached hydrogens (tertiary/aromatic N) is 4. The minimum absolute atomic E-state index is 0.221. The molecule has 0 spiro atoms. The van der Waals surface area contributed by atoms with Gasteiger partial charge in [0, 0.05) is 37.4 Å². The standard InChI is InChI=1S/C18H25N5O2/c1-11-15(12(2)25-22-11)5-6-17(24)23-8-7-13(10-23)9-16-19-18(21-20-16)14-3-4-14/h13-14H,3-10H2,1-2H3,(H,19,20,21). The fourth-order valence-corrected chi connectivity index (χ4v) is 3.67. The Hall–Kier alpha value is -2.18. The second kappa shape index (κ2) is 6.61. The fourth-order valence-electron chi connectivity index (χ4n) is 3.67. The molecule has 1 unspecified atom stereocenters. The number of likely N-dealkylation sites (tertiary alicyclic amines) is 1. The highest BCUT2D eigenvalue weighted by atomic mass is 16.5. The molecule has 0 aromatic carbocycles. The Morgan fingerprint density at radius 1 is 1.32 bits per heavy atom. The molecule has 2 fully saturated rings. The number of carbonyl (C=O) groups excluding carboxylic acids is 1. The van der Waals surface area contributed by atoms with Crippen molar-refractivity contribution in [2.45, 2.75) is 58.3 Å². The number of amides is 1. The highest BCUT2D eigenvalue weighted by molar-refractivity contribution is 5.76. The maximum absolute atomic E-state index is 12.5. The van der Waals surface area contributed by atoms with Crippen molar-refractivity contribution in [2.24, 2.45) is 5.92 Å². The first-order chi connectivity index (χ1) is 12.1. The summed E-state index contributed by atoms with van der Waals surface area (Å²) in [5.74, 6) is 4.04. The van der Waals surface area contributed by atoms with Gasteiger partial charge >= 0.3 is 0 Å².